The highest BCUT2D eigenvalue weighted by atomic mass is 16.8. The Morgan fingerprint density at radius 3 is 1.41 bits per heavy atom. The first-order valence-corrected chi connectivity index (χ1v) is 15.7. The molecule has 6 atom stereocenters. The van der Waals surface area contributed by atoms with E-state index in [1.807, 2.05) is 0 Å². The van der Waals surface area contributed by atoms with Crippen molar-refractivity contribution in [1.29, 1.82) is 0 Å². The van der Waals surface area contributed by atoms with E-state index < -0.39 is 73.4 Å². The van der Waals surface area contributed by atoms with Gasteiger partial charge >= 0.3 is 30.0 Å². The molecule has 1 aliphatic rings. The normalized spacial score (nSPS) is 20.0. The molecule has 51 heavy (non-hydrogen) atoms. The van der Waals surface area contributed by atoms with E-state index >= 15 is 0 Å². The van der Waals surface area contributed by atoms with Crippen LogP contribution < -0.4 is 0 Å². The molecule has 1 fully saturated rings. The molecule has 0 amide bonds. The Morgan fingerprint density at radius 1 is 0.588 bits per heavy atom. The SMILES string of the molecule is C#CC(C)OC(=O)OC1O[C@H](COC(=O)c2ccccc2)[C@@H](OC(=O)c2ccccc2)[C@H](OC(=O)c2ccccc2)[C@H]1OC(=O)c1ccccc1. The molecule has 12 nitrogen and oxygen atoms in total. The van der Waals surface area contributed by atoms with E-state index in [2.05, 4.69) is 5.92 Å². The van der Waals surface area contributed by atoms with Gasteiger partial charge in [-0.15, -0.1) is 6.42 Å². The van der Waals surface area contributed by atoms with Crippen LogP contribution in [0.3, 0.4) is 0 Å². The van der Waals surface area contributed by atoms with E-state index in [0.717, 1.165) is 0 Å². The van der Waals surface area contributed by atoms with Crippen LogP contribution in [0.25, 0.3) is 0 Å². The van der Waals surface area contributed by atoms with Crippen molar-refractivity contribution in [3.05, 3.63) is 144 Å². The van der Waals surface area contributed by atoms with Crippen LogP contribution in [0.1, 0.15) is 48.4 Å². The lowest BCUT2D eigenvalue weighted by Gasteiger charge is -2.43. The number of terminal acetylenes is 1. The number of benzene rings is 4. The first kappa shape index (κ1) is 35.8. The van der Waals surface area contributed by atoms with Crippen LogP contribution in [0, 0.1) is 12.3 Å². The zero-order chi connectivity index (χ0) is 36.2. The van der Waals surface area contributed by atoms with Gasteiger partial charge in [-0.25, -0.2) is 24.0 Å². The summed E-state index contributed by atoms with van der Waals surface area (Å²) in [5, 5.41) is 0. The quantitative estimate of drug-likeness (QED) is 0.112. The molecule has 1 heterocycles. The molecule has 0 bridgehead atoms. The summed E-state index contributed by atoms with van der Waals surface area (Å²) in [6, 6.07) is 31.5. The number of carbonyl (C=O) groups is 5. The first-order chi connectivity index (χ1) is 24.7. The summed E-state index contributed by atoms with van der Waals surface area (Å²) < 4.78 is 39.8. The maximum Gasteiger partial charge on any atom is 0.511 e. The van der Waals surface area contributed by atoms with Crippen molar-refractivity contribution in [1.82, 2.24) is 0 Å². The van der Waals surface area contributed by atoms with Crippen molar-refractivity contribution in [3.63, 3.8) is 0 Å². The number of rotatable bonds is 11. The van der Waals surface area contributed by atoms with Gasteiger partial charge in [0.25, 0.3) is 0 Å². The number of carbonyl (C=O) groups excluding carboxylic acids is 5. The number of ether oxygens (including phenoxy) is 7. The fraction of sp³-hybridized carbons (Fsp3) is 0.205. The molecule has 1 aliphatic heterocycles. The van der Waals surface area contributed by atoms with Crippen LogP contribution in [0.15, 0.2) is 121 Å². The molecule has 0 N–H and O–H groups in total. The van der Waals surface area contributed by atoms with E-state index in [9.17, 15) is 24.0 Å². The highest BCUT2D eigenvalue weighted by molar-refractivity contribution is 5.91. The molecule has 4 aromatic carbocycles. The number of esters is 4. The zero-order valence-corrected chi connectivity index (χ0v) is 27.2. The summed E-state index contributed by atoms with van der Waals surface area (Å²) in [5.74, 6) is -1.25. The van der Waals surface area contributed by atoms with Crippen LogP contribution in [0.5, 0.6) is 0 Å². The summed E-state index contributed by atoms with van der Waals surface area (Å²) >= 11 is 0. The van der Waals surface area contributed by atoms with Gasteiger partial charge in [-0.2, -0.15) is 0 Å². The molecular weight excluding hydrogens is 660 g/mol. The van der Waals surface area contributed by atoms with Gasteiger partial charge < -0.3 is 33.2 Å². The van der Waals surface area contributed by atoms with Crippen molar-refractivity contribution in [3.8, 4) is 12.3 Å². The minimum Gasteiger partial charge on any atom is -0.459 e. The van der Waals surface area contributed by atoms with E-state index in [-0.39, 0.29) is 22.3 Å². The molecule has 260 valence electrons. The van der Waals surface area contributed by atoms with Gasteiger partial charge in [0.2, 0.25) is 12.4 Å². The van der Waals surface area contributed by atoms with Crippen molar-refractivity contribution in [2.45, 2.75) is 43.7 Å². The summed E-state index contributed by atoms with van der Waals surface area (Å²) in [4.78, 5) is 66.5. The molecule has 12 heteroatoms. The van der Waals surface area contributed by atoms with Gasteiger partial charge in [0, 0.05) is 0 Å². The molecule has 0 spiro atoms. The second-order valence-corrected chi connectivity index (χ2v) is 11.0. The minimum absolute atomic E-state index is 0.0876. The van der Waals surface area contributed by atoms with E-state index in [1.54, 1.807) is 72.8 Å². The predicted molar refractivity (Wildman–Crippen MR) is 178 cm³/mol. The van der Waals surface area contributed by atoms with Gasteiger partial charge in [-0.05, 0) is 55.5 Å². The summed E-state index contributed by atoms with van der Waals surface area (Å²) in [6.45, 7) is 0.806. The van der Waals surface area contributed by atoms with Gasteiger partial charge in [-0.1, -0.05) is 78.7 Å². The Kier molecular flexibility index (Phi) is 12.1. The van der Waals surface area contributed by atoms with E-state index in [4.69, 9.17) is 39.6 Å². The fourth-order valence-corrected chi connectivity index (χ4v) is 4.92. The number of hydrogen-bond donors (Lipinski definition) is 0. The smallest absolute Gasteiger partial charge is 0.459 e. The van der Waals surface area contributed by atoms with Crippen LogP contribution in [-0.4, -0.2) is 73.4 Å². The third-order valence-electron chi connectivity index (χ3n) is 7.46. The molecular formula is C39H32O12. The van der Waals surface area contributed by atoms with Gasteiger partial charge in [0.05, 0.1) is 22.3 Å². The highest BCUT2D eigenvalue weighted by Gasteiger charge is 2.55. The van der Waals surface area contributed by atoms with Crippen LogP contribution in [0.4, 0.5) is 4.79 Å². The molecule has 2 unspecified atom stereocenters. The lowest BCUT2D eigenvalue weighted by molar-refractivity contribution is -0.286. The largest absolute Gasteiger partial charge is 0.511 e. The lowest BCUT2D eigenvalue weighted by atomic mass is 9.97. The summed E-state index contributed by atoms with van der Waals surface area (Å²) in [6.07, 6.45) is -5.41. The van der Waals surface area contributed by atoms with Crippen LogP contribution in [0.2, 0.25) is 0 Å². The monoisotopic (exact) mass is 692 g/mol. The maximum absolute atomic E-state index is 13.6. The van der Waals surface area contributed by atoms with Gasteiger partial charge in [0.15, 0.2) is 18.3 Å². The third kappa shape index (κ3) is 9.59. The summed E-state index contributed by atoms with van der Waals surface area (Å²) in [5.41, 5.74) is 0.503. The molecule has 0 saturated carbocycles. The molecule has 0 aliphatic carbocycles. The Labute approximate surface area is 293 Å². The predicted octanol–water partition coefficient (Wildman–Crippen LogP) is 5.42. The first-order valence-electron chi connectivity index (χ1n) is 15.7. The standard InChI is InChI=1S/C39H32O12/c1-3-25(2)46-39(44)51-38-33(50-37(43)29-22-14-7-15-23-29)32(49-36(42)28-20-12-6-13-21-28)31(48-35(41)27-18-10-5-11-19-27)30(47-38)24-45-34(40)26-16-8-4-9-17-26/h1,4-23,25,30-33,38H,24H2,2H3/t25?,30-,31-,32+,33-,38?/m1/s1. The number of hydrogen-bond acceptors (Lipinski definition) is 12. The molecule has 4 aromatic rings. The second kappa shape index (κ2) is 17.3. The van der Waals surface area contributed by atoms with E-state index in [0.29, 0.717) is 0 Å². The maximum atomic E-state index is 13.6. The van der Waals surface area contributed by atoms with Gasteiger partial charge in [0.1, 0.15) is 12.7 Å². The molecule has 1 saturated heterocycles. The molecule has 5 rings (SSSR count). The molecule has 0 radical (unpaired) electrons. The second-order valence-electron chi connectivity index (χ2n) is 11.0. The fourth-order valence-electron chi connectivity index (χ4n) is 4.92. The van der Waals surface area contributed by atoms with Crippen molar-refractivity contribution in [2.24, 2.45) is 0 Å². The Balaban J connectivity index is 1.57. The Morgan fingerprint density at radius 2 is 0.980 bits per heavy atom. The zero-order valence-electron chi connectivity index (χ0n) is 27.2. The Hall–Kier alpha value is -6.45. The topological polar surface area (TPSA) is 150 Å². The highest BCUT2D eigenvalue weighted by Crippen LogP contribution is 2.32. The average Bonchev–Trinajstić information content (AvgIpc) is 3.17. The Bertz CT molecular complexity index is 1840. The van der Waals surface area contributed by atoms with Crippen LogP contribution >= 0.6 is 0 Å². The third-order valence-corrected chi connectivity index (χ3v) is 7.46. The van der Waals surface area contributed by atoms with Gasteiger partial charge in [-0.3, -0.25) is 0 Å². The van der Waals surface area contributed by atoms with Crippen molar-refractivity contribution in [2.75, 3.05) is 6.61 Å². The minimum atomic E-state index is -1.86. The van der Waals surface area contributed by atoms with Crippen molar-refractivity contribution < 1.29 is 57.1 Å². The van der Waals surface area contributed by atoms with E-state index in [1.165, 1.54) is 55.5 Å². The van der Waals surface area contributed by atoms with Crippen molar-refractivity contribution >= 4 is 30.0 Å². The average molecular weight is 693 g/mol. The molecule has 0 aromatic heterocycles. The summed E-state index contributed by atoms with van der Waals surface area (Å²) in [7, 11) is 0. The van der Waals surface area contributed by atoms with Crippen LogP contribution in [-0.2, 0) is 33.2 Å². The lowest BCUT2D eigenvalue weighted by Crippen LogP contribution is -2.63.